The molecule has 2 aromatic heterocycles. The molecule has 3 heterocycles. The number of fused-ring (bicyclic) bond motifs is 2. The van der Waals surface area contributed by atoms with Gasteiger partial charge in [0.05, 0.1) is 5.69 Å². The topological polar surface area (TPSA) is 170 Å². The van der Waals surface area contributed by atoms with Crippen LogP contribution in [0.25, 0.3) is 5.78 Å². The summed E-state index contributed by atoms with van der Waals surface area (Å²) in [4.78, 5) is 70.9. The van der Waals surface area contributed by atoms with Gasteiger partial charge in [0.25, 0.3) is 5.56 Å². The molecule has 0 aromatic carbocycles. The second-order valence-electron chi connectivity index (χ2n) is 15.3. The van der Waals surface area contributed by atoms with Gasteiger partial charge in [0.2, 0.25) is 23.5 Å². The number of nitrogens with one attached hydrogen (secondary N) is 2. The van der Waals surface area contributed by atoms with E-state index in [1.807, 2.05) is 13.8 Å². The van der Waals surface area contributed by atoms with Crippen LogP contribution in [0.3, 0.4) is 0 Å². The Labute approximate surface area is 271 Å². The van der Waals surface area contributed by atoms with Crippen LogP contribution in [0.4, 0.5) is 13.2 Å². The van der Waals surface area contributed by atoms with E-state index in [0.717, 1.165) is 17.0 Å². The number of carbonyl (C=O) groups excluding carboxylic acids is 4. The SMILES string of the molecule is CC(C)(C)C(NC(=O)C(F)(F)F)C(=O)N1C[C@H]2[C@@H]([C@H]1C(=O)NC(C(N)=O)c1cc(=O)n3ccn(COCC[Si](C)(C)C)c3n1)C2(C)C. The summed E-state index contributed by atoms with van der Waals surface area (Å²) < 4.78 is 48.1. The molecular formula is C30H44F3N7O6Si. The van der Waals surface area contributed by atoms with Crippen LogP contribution in [-0.4, -0.2) is 82.0 Å². The lowest BCUT2D eigenvalue weighted by atomic mass is 9.85. The number of alkyl halides is 3. The molecule has 2 fully saturated rings. The molecular weight excluding hydrogens is 639 g/mol. The molecule has 1 saturated heterocycles. The molecule has 5 atom stereocenters. The van der Waals surface area contributed by atoms with Crippen molar-refractivity contribution in [3.8, 4) is 0 Å². The molecule has 13 nitrogen and oxygen atoms in total. The van der Waals surface area contributed by atoms with Crippen LogP contribution in [0.1, 0.15) is 46.4 Å². The van der Waals surface area contributed by atoms with Crippen molar-refractivity contribution >= 4 is 37.5 Å². The molecule has 260 valence electrons. The number of hydrogen-bond donors (Lipinski definition) is 3. The van der Waals surface area contributed by atoms with Crippen molar-refractivity contribution in [1.82, 2.24) is 29.5 Å². The fourth-order valence-corrected chi connectivity index (χ4v) is 6.96. The lowest BCUT2D eigenvalue weighted by Gasteiger charge is -2.38. The summed E-state index contributed by atoms with van der Waals surface area (Å²) >= 11 is 0. The van der Waals surface area contributed by atoms with E-state index in [9.17, 15) is 37.1 Å². The first-order chi connectivity index (χ1) is 21.4. The Bertz CT molecular complexity index is 1620. The zero-order chi connectivity index (χ0) is 35.4. The van der Waals surface area contributed by atoms with E-state index in [-0.39, 0.29) is 42.0 Å². The maximum Gasteiger partial charge on any atom is 0.471 e. The molecule has 0 spiro atoms. The largest absolute Gasteiger partial charge is 0.471 e. The number of amides is 4. The fourth-order valence-electron chi connectivity index (χ4n) is 6.20. The molecule has 0 bridgehead atoms. The number of halogens is 3. The van der Waals surface area contributed by atoms with Crippen molar-refractivity contribution in [3.05, 3.63) is 34.5 Å². The third-order valence-electron chi connectivity index (χ3n) is 9.11. The summed E-state index contributed by atoms with van der Waals surface area (Å²) in [5.41, 5.74) is 3.48. The minimum absolute atomic E-state index is 0.0566. The molecule has 0 radical (unpaired) electrons. The lowest BCUT2D eigenvalue weighted by Crippen LogP contribution is -2.61. The van der Waals surface area contributed by atoms with E-state index in [1.54, 1.807) is 16.1 Å². The Hall–Kier alpha value is -3.73. The third kappa shape index (κ3) is 7.55. The average molecular weight is 684 g/mol. The Morgan fingerprint density at radius 1 is 1.13 bits per heavy atom. The normalized spacial score (nSPS) is 22.0. The Morgan fingerprint density at radius 2 is 1.77 bits per heavy atom. The van der Waals surface area contributed by atoms with Gasteiger partial charge in [-0.3, -0.25) is 32.9 Å². The van der Waals surface area contributed by atoms with E-state index >= 15 is 0 Å². The van der Waals surface area contributed by atoms with Gasteiger partial charge in [-0.2, -0.15) is 13.2 Å². The van der Waals surface area contributed by atoms with Crippen molar-refractivity contribution in [2.24, 2.45) is 28.4 Å². The summed E-state index contributed by atoms with van der Waals surface area (Å²) in [7, 11) is -1.34. The number of aromatic nitrogens is 3. The van der Waals surface area contributed by atoms with Crippen molar-refractivity contribution in [2.45, 2.75) is 91.3 Å². The number of imidazole rings is 1. The number of piperidine rings is 1. The number of nitrogens with zero attached hydrogens (tertiary/aromatic N) is 4. The minimum atomic E-state index is -5.23. The Balaban J connectivity index is 1.61. The summed E-state index contributed by atoms with van der Waals surface area (Å²) in [5.74, 6) is -5.34. The highest BCUT2D eigenvalue weighted by Gasteiger charge is 2.70. The predicted octanol–water partition coefficient (Wildman–Crippen LogP) is 2.03. The van der Waals surface area contributed by atoms with Crippen LogP contribution < -0.4 is 21.9 Å². The first-order valence-electron chi connectivity index (χ1n) is 15.4. The number of hydrogen-bond acceptors (Lipinski definition) is 7. The smallest absolute Gasteiger partial charge is 0.368 e. The van der Waals surface area contributed by atoms with Crippen molar-refractivity contribution < 1.29 is 37.1 Å². The quantitative estimate of drug-likeness (QED) is 0.240. The molecule has 4 amide bonds. The minimum Gasteiger partial charge on any atom is -0.368 e. The summed E-state index contributed by atoms with van der Waals surface area (Å²) in [6.45, 7) is 15.6. The number of likely N-dealkylation sites (tertiary alicyclic amines) is 1. The maximum atomic E-state index is 13.9. The van der Waals surface area contributed by atoms with Crippen LogP contribution in [0, 0.1) is 22.7 Å². The van der Waals surface area contributed by atoms with Gasteiger partial charge in [-0.15, -0.1) is 0 Å². The van der Waals surface area contributed by atoms with E-state index in [2.05, 4.69) is 29.9 Å². The van der Waals surface area contributed by atoms with Gasteiger partial charge < -0.3 is 26.0 Å². The predicted molar refractivity (Wildman–Crippen MR) is 167 cm³/mol. The Kier molecular flexibility index (Phi) is 9.51. The van der Waals surface area contributed by atoms with Gasteiger partial charge >= 0.3 is 12.1 Å². The summed E-state index contributed by atoms with van der Waals surface area (Å²) in [5, 5.41) is 4.35. The second kappa shape index (κ2) is 12.4. The highest BCUT2D eigenvalue weighted by Crippen LogP contribution is 2.65. The van der Waals surface area contributed by atoms with Gasteiger partial charge in [0.15, 0.2) is 6.04 Å². The Morgan fingerprint density at radius 3 is 2.32 bits per heavy atom. The molecule has 2 aromatic rings. The molecule has 4 rings (SSSR count). The van der Waals surface area contributed by atoms with Crippen LogP contribution in [0.15, 0.2) is 23.3 Å². The van der Waals surface area contributed by atoms with Gasteiger partial charge in [-0.1, -0.05) is 54.3 Å². The highest BCUT2D eigenvalue weighted by molar-refractivity contribution is 6.76. The fraction of sp³-hybridized carbons (Fsp3) is 0.667. The lowest BCUT2D eigenvalue weighted by molar-refractivity contribution is -0.176. The number of primary amides is 1. The first kappa shape index (κ1) is 36.1. The highest BCUT2D eigenvalue weighted by atomic mass is 28.3. The number of carbonyl (C=O) groups is 4. The zero-order valence-corrected chi connectivity index (χ0v) is 28.9. The molecule has 2 aliphatic rings. The molecule has 17 heteroatoms. The van der Waals surface area contributed by atoms with Crippen LogP contribution >= 0.6 is 0 Å². The zero-order valence-electron chi connectivity index (χ0n) is 27.9. The standard InChI is InChI=1S/C30H44F3N7O6Si/c1-28(2,3)22(37-26(45)30(31,32)33)25(44)40-14-16-19(29(16,4)5)21(40)24(43)36-20(23(34)42)17-13-18(41)39-10-9-38(27(39)35-17)15-46-11-12-47(6,7)8/h9-10,13,16,19-22H,11-12,14-15H2,1-8H3,(H2,34,42)(H,36,43)(H,37,45)/t16-,19-,20?,21-,22?/m0/s1. The van der Waals surface area contributed by atoms with Gasteiger partial charge in [0, 0.05) is 39.7 Å². The van der Waals surface area contributed by atoms with Crippen molar-refractivity contribution in [2.75, 3.05) is 13.2 Å². The second-order valence-corrected chi connectivity index (χ2v) is 20.9. The molecule has 47 heavy (non-hydrogen) atoms. The van der Waals surface area contributed by atoms with Crippen LogP contribution in [0.5, 0.6) is 0 Å². The molecule has 4 N–H and O–H groups in total. The average Bonchev–Trinajstić information content (AvgIpc) is 3.28. The van der Waals surface area contributed by atoms with E-state index < -0.39 is 67.0 Å². The molecule has 1 aliphatic carbocycles. The number of nitrogens with two attached hydrogens (primary N) is 1. The maximum absolute atomic E-state index is 13.9. The van der Waals surface area contributed by atoms with Crippen LogP contribution in [0.2, 0.25) is 25.7 Å². The van der Waals surface area contributed by atoms with Gasteiger partial charge in [-0.25, -0.2) is 4.98 Å². The molecule has 1 aliphatic heterocycles. The monoisotopic (exact) mass is 683 g/mol. The van der Waals surface area contributed by atoms with Gasteiger partial charge in [-0.05, 0) is 28.7 Å². The van der Waals surface area contributed by atoms with E-state index in [0.29, 0.717) is 6.61 Å². The summed E-state index contributed by atoms with van der Waals surface area (Å²) in [6, 6.07) is -2.37. The number of ether oxygens (including phenoxy) is 1. The van der Waals surface area contributed by atoms with Crippen LogP contribution in [-0.2, 0) is 30.6 Å². The van der Waals surface area contributed by atoms with E-state index in [4.69, 9.17) is 10.5 Å². The van der Waals surface area contributed by atoms with E-state index in [1.165, 1.54) is 31.4 Å². The number of rotatable bonds is 11. The first-order valence-corrected chi connectivity index (χ1v) is 19.1. The molecule has 2 unspecified atom stereocenters. The van der Waals surface area contributed by atoms with Crippen molar-refractivity contribution in [1.29, 1.82) is 0 Å². The third-order valence-corrected chi connectivity index (χ3v) is 10.8. The van der Waals surface area contributed by atoms with Gasteiger partial charge in [0.1, 0.15) is 18.8 Å². The van der Waals surface area contributed by atoms with Crippen molar-refractivity contribution in [3.63, 3.8) is 0 Å². The summed E-state index contributed by atoms with van der Waals surface area (Å²) in [6.07, 6.45) is -2.13. The molecule has 1 saturated carbocycles.